The topological polar surface area (TPSA) is 79.8 Å². The van der Waals surface area contributed by atoms with Crippen molar-refractivity contribution in [3.8, 4) is 0 Å². The number of morpholine rings is 1. The number of ether oxygens (including phenoxy) is 1. The van der Waals surface area contributed by atoms with Crippen molar-refractivity contribution in [2.75, 3.05) is 32.8 Å². The molecule has 3 rings (SSSR count). The van der Waals surface area contributed by atoms with Gasteiger partial charge in [0.25, 0.3) is 11.8 Å². The molecule has 0 spiro atoms. The molecule has 3 heterocycles. The molecule has 21 heavy (non-hydrogen) atoms. The van der Waals surface area contributed by atoms with Gasteiger partial charge in [-0.05, 0) is 12.1 Å². The third-order valence-corrected chi connectivity index (χ3v) is 3.64. The molecule has 1 aromatic heterocycles. The summed E-state index contributed by atoms with van der Waals surface area (Å²) in [5.41, 5.74) is 0.475. The van der Waals surface area contributed by atoms with E-state index in [0.29, 0.717) is 31.9 Å². The third-order valence-electron chi connectivity index (χ3n) is 3.64. The van der Waals surface area contributed by atoms with Crippen LogP contribution in [0.1, 0.15) is 27.3 Å². The van der Waals surface area contributed by atoms with E-state index in [4.69, 9.17) is 4.74 Å². The van der Waals surface area contributed by atoms with Gasteiger partial charge in [0, 0.05) is 32.3 Å². The molecule has 110 valence electrons. The van der Waals surface area contributed by atoms with Gasteiger partial charge in [0.2, 0.25) is 5.91 Å². The molecule has 0 saturated carbocycles. The summed E-state index contributed by atoms with van der Waals surface area (Å²) in [6.45, 7) is 2.26. The molecule has 0 atom stereocenters. The fourth-order valence-electron chi connectivity index (χ4n) is 2.50. The van der Waals surface area contributed by atoms with E-state index in [1.165, 1.54) is 6.20 Å². The van der Waals surface area contributed by atoms with E-state index in [9.17, 15) is 14.4 Å². The molecule has 1 fully saturated rings. The molecule has 0 radical (unpaired) electrons. The number of aromatic nitrogens is 1. The van der Waals surface area contributed by atoms with Crippen molar-refractivity contribution in [1.82, 2.24) is 14.8 Å². The minimum absolute atomic E-state index is 0.0668. The fourth-order valence-corrected chi connectivity index (χ4v) is 2.50. The maximum Gasteiger partial charge on any atom is 0.280 e. The first kappa shape index (κ1) is 13.7. The lowest BCUT2D eigenvalue weighted by Gasteiger charge is -2.27. The number of pyridine rings is 1. The van der Waals surface area contributed by atoms with Crippen LogP contribution < -0.4 is 0 Å². The van der Waals surface area contributed by atoms with Crippen LogP contribution in [-0.4, -0.2) is 65.4 Å². The number of carbonyl (C=O) groups excluding carboxylic acids is 3. The van der Waals surface area contributed by atoms with Gasteiger partial charge in [0.1, 0.15) is 5.69 Å². The van der Waals surface area contributed by atoms with E-state index < -0.39 is 5.91 Å². The van der Waals surface area contributed by atoms with Gasteiger partial charge in [0.15, 0.2) is 0 Å². The van der Waals surface area contributed by atoms with Crippen molar-refractivity contribution >= 4 is 17.7 Å². The Kier molecular flexibility index (Phi) is 3.66. The second-order valence-corrected chi connectivity index (χ2v) is 4.90. The highest BCUT2D eigenvalue weighted by Crippen LogP contribution is 2.20. The molecular formula is C14H15N3O4. The van der Waals surface area contributed by atoms with Crippen LogP contribution in [0.2, 0.25) is 0 Å². The average Bonchev–Trinajstić information content (AvgIpc) is 2.78. The Bertz CT molecular complexity index is 561. The lowest BCUT2D eigenvalue weighted by atomic mass is 10.2. The number of hydrogen-bond acceptors (Lipinski definition) is 5. The highest BCUT2D eigenvalue weighted by atomic mass is 16.5. The first-order valence-electron chi connectivity index (χ1n) is 6.85. The van der Waals surface area contributed by atoms with Crippen LogP contribution in [0.4, 0.5) is 0 Å². The summed E-state index contributed by atoms with van der Waals surface area (Å²) in [4.78, 5) is 43.0. The zero-order valence-corrected chi connectivity index (χ0v) is 11.4. The predicted octanol–water partition coefficient (Wildman–Crippen LogP) is -0.0735. The Balaban J connectivity index is 1.63. The lowest BCUT2D eigenvalue weighted by molar-refractivity contribution is -0.135. The SMILES string of the molecule is O=C(CCN1C(=O)c2cccnc2C1=O)N1CCOCC1. The van der Waals surface area contributed by atoms with Gasteiger partial charge < -0.3 is 9.64 Å². The third kappa shape index (κ3) is 2.52. The van der Waals surface area contributed by atoms with Crippen LogP contribution in [0.5, 0.6) is 0 Å². The number of nitrogens with zero attached hydrogens (tertiary/aromatic N) is 3. The van der Waals surface area contributed by atoms with Gasteiger partial charge in [0.05, 0.1) is 18.8 Å². The summed E-state index contributed by atoms with van der Waals surface area (Å²) in [5.74, 6) is -0.869. The van der Waals surface area contributed by atoms with E-state index in [1.807, 2.05) is 0 Å². The zero-order chi connectivity index (χ0) is 14.8. The van der Waals surface area contributed by atoms with Crippen LogP contribution in [-0.2, 0) is 9.53 Å². The summed E-state index contributed by atoms with van der Waals surface area (Å²) in [7, 11) is 0. The molecule has 3 amide bonds. The van der Waals surface area contributed by atoms with Crippen molar-refractivity contribution in [2.24, 2.45) is 0 Å². The second-order valence-electron chi connectivity index (χ2n) is 4.90. The van der Waals surface area contributed by atoms with Crippen molar-refractivity contribution in [3.05, 3.63) is 29.6 Å². The Morgan fingerprint density at radius 3 is 2.71 bits per heavy atom. The smallest absolute Gasteiger partial charge is 0.280 e. The molecule has 1 aromatic rings. The maximum absolute atomic E-state index is 12.1. The van der Waals surface area contributed by atoms with Crippen LogP contribution in [0, 0.1) is 0 Å². The summed E-state index contributed by atoms with van der Waals surface area (Å²) in [5, 5.41) is 0. The highest BCUT2D eigenvalue weighted by Gasteiger charge is 2.36. The summed E-state index contributed by atoms with van der Waals surface area (Å²) < 4.78 is 5.18. The second kappa shape index (κ2) is 5.61. The quantitative estimate of drug-likeness (QED) is 0.728. The Hall–Kier alpha value is -2.28. The van der Waals surface area contributed by atoms with E-state index in [1.54, 1.807) is 17.0 Å². The van der Waals surface area contributed by atoms with Crippen molar-refractivity contribution in [3.63, 3.8) is 0 Å². The largest absolute Gasteiger partial charge is 0.378 e. The van der Waals surface area contributed by atoms with Gasteiger partial charge in [-0.25, -0.2) is 0 Å². The molecule has 7 nitrogen and oxygen atoms in total. The van der Waals surface area contributed by atoms with Crippen molar-refractivity contribution < 1.29 is 19.1 Å². The molecular weight excluding hydrogens is 274 g/mol. The molecule has 2 aliphatic heterocycles. The van der Waals surface area contributed by atoms with Crippen LogP contribution in [0.25, 0.3) is 0 Å². The van der Waals surface area contributed by atoms with Gasteiger partial charge in [-0.1, -0.05) is 0 Å². The predicted molar refractivity (Wildman–Crippen MR) is 71.6 cm³/mol. The molecule has 0 aromatic carbocycles. The molecule has 2 aliphatic rings. The van der Waals surface area contributed by atoms with Gasteiger partial charge in [-0.2, -0.15) is 0 Å². The molecule has 0 N–H and O–H groups in total. The minimum Gasteiger partial charge on any atom is -0.378 e. The molecule has 0 bridgehead atoms. The number of imide groups is 1. The normalized spacial score (nSPS) is 18.1. The standard InChI is InChI=1S/C14H15N3O4/c18-11(16-6-8-21-9-7-16)3-5-17-13(19)10-2-1-4-15-12(10)14(17)20/h1-2,4H,3,5-9H2. The summed E-state index contributed by atoms with van der Waals surface area (Å²) in [6.07, 6.45) is 1.61. The Labute approximate surface area is 121 Å². The summed E-state index contributed by atoms with van der Waals surface area (Å²) in [6, 6.07) is 3.19. The Morgan fingerprint density at radius 2 is 2.00 bits per heavy atom. The van der Waals surface area contributed by atoms with Crippen molar-refractivity contribution in [1.29, 1.82) is 0 Å². The monoisotopic (exact) mass is 289 g/mol. The minimum atomic E-state index is -0.426. The first-order chi connectivity index (χ1) is 10.2. The first-order valence-corrected chi connectivity index (χ1v) is 6.85. The highest BCUT2D eigenvalue weighted by molar-refractivity contribution is 6.20. The summed E-state index contributed by atoms with van der Waals surface area (Å²) >= 11 is 0. The average molecular weight is 289 g/mol. The van der Waals surface area contributed by atoms with Gasteiger partial charge in [-0.3, -0.25) is 24.3 Å². The molecule has 0 unspecified atom stereocenters. The molecule has 0 aliphatic carbocycles. The van der Waals surface area contributed by atoms with Gasteiger partial charge >= 0.3 is 0 Å². The van der Waals surface area contributed by atoms with E-state index >= 15 is 0 Å². The number of hydrogen-bond donors (Lipinski definition) is 0. The van der Waals surface area contributed by atoms with E-state index in [2.05, 4.69) is 4.98 Å². The van der Waals surface area contributed by atoms with E-state index in [-0.39, 0.29) is 30.5 Å². The Morgan fingerprint density at radius 1 is 1.24 bits per heavy atom. The zero-order valence-electron chi connectivity index (χ0n) is 11.4. The number of fused-ring (bicyclic) bond motifs is 1. The number of carbonyl (C=O) groups is 3. The number of amides is 3. The fraction of sp³-hybridized carbons (Fsp3) is 0.429. The van der Waals surface area contributed by atoms with Crippen LogP contribution >= 0.6 is 0 Å². The van der Waals surface area contributed by atoms with Crippen LogP contribution in [0.3, 0.4) is 0 Å². The molecule has 7 heteroatoms. The molecule has 1 saturated heterocycles. The number of rotatable bonds is 3. The van der Waals surface area contributed by atoms with E-state index in [0.717, 1.165) is 4.90 Å². The lowest BCUT2D eigenvalue weighted by Crippen LogP contribution is -2.42. The maximum atomic E-state index is 12.1. The van der Waals surface area contributed by atoms with Gasteiger partial charge in [-0.15, -0.1) is 0 Å². The van der Waals surface area contributed by atoms with Crippen LogP contribution in [0.15, 0.2) is 18.3 Å². The van der Waals surface area contributed by atoms with Crippen molar-refractivity contribution in [2.45, 2.75) is 6.42 Å².